The molecule has 0 aliphatic heterocycles. The van der Waals surface area contributed by atoms with E-state index in [2.05, 4.69) is 103 Å². The summed E-state index contributed by atoms with van der Waals surface area (Å²) in [5.41, 5.74) is 6.36. The van der Waals surface area contributed by atoms with Crippen LogP contribution in [0.3, 0.4) is 0 Å². The standard InChI is InChI=1S/C28H30BrNO/c1-5-28(6-2,25-18-30(4)26-17-23(29)13-14-24(25)26)22-12-15-27(20(3)16-22)31-19-21-10-8-7-9-11-21/h7-18H,5-6,19H2,1-4H3. The lowest BCUT2D eigenvalue weighted by Gasteiger charge is -2.33. The van der Waals surface area contributed by atoms with Crippen molar-refractivity contribution in [3.05, 3.63) is 99.7 Å². The molecule has 0 saturated heterocycles. The average molecular weight is 476 g/mol. The summed E-state index contributed by atoms with van der Waals surface area (Å²) in [6.45, 7) is 7.35. The van der Waals surface area contributed by atoms with E-state index in [9.17, 15) is 0 Å². The molecular weight excluding hydrogens is 446 g/mol. The summed E-state index contributed by atoms with van der Waals surface area (Å²) < 4.78 is 9.50. The molecule has 0 spiro atoms. The molecule has 3 aromatic carbocycles. The SMILES string of the molecule is CCC(CC)(c1ccc(OCc2ccccc2)c(C)c1)c1cn(C)c2cc(Br)ccc12. The van der Waals surface area contributed by atoms with Crippen LogP contribution >= 0.6 is 15.9 Å². The van der Waals surface area contributed by atoms with Gasteiger partial charge in [0.25, 0.3) is 0 Å². The molecular formula is C28H30BrNO. The summed E-state index contributed by atoms with van der Waals surface area (Å²) in [7, 11) is 2.14. The van der Waals surface area contributed by atoms with Crippen LogP contribution in [0.1, 0.15) is 48.9 Å². The Morgan fingerprint density at radius 2 is 1.68 bits per heavy atom. The topological polar surface area (TPSA) is 14.2 Å². The van der Waals surface area contributed by atoms with E-state index >= 15 is 0 Å². The molecule has 3 heteroatoms. The van der Waals surface area contributed by atoms with Gasteiger partial charge < -0.3 is 9.30 Å². The Hall–Kier alpha value is -2.52. The van der Waals surface area contributed by atoms with E-state index in [1.54, 1.807) is 0 Å². The number of halogens is 1. The highest BCUT2D eigenvalue weighted by Gasteiger charge is 2.34. The van der Waals surface area contributed by atoms with Crippen molar-refractivity contribution in [2.24, 2.45) is 7.05 Å². The average Bonchev–Trinajstić information content (AvgIpc) is 3.11. The maximum absolute atomic E-state index is 6.14. The molecule has 0 aliphatic carbocycles. The first-order valence-corrected chi connectivity index (χ1v) is 11.8. The summed E-state index contributed by atoms with van der Waals surface area (Å²) in [5, 5.41) is 1.33. The second-order valence-electron chi connectivity index (χ2n) is 8.36. The highest BCUT2D eigenvalue weighted by molar-refractivity contribution is 9.10. The molecule has 0 unspecified atom stereocenters. The zero-order valence-corrected chi connectivity index (χ0v) is 20.4. The molecule has 0 N–H and O–H groups in total. The second-order valence-corrected chi connectivity index (χ2v) is 9.27. The van der Waals surface area contributed by atoms with Gasteiger partial charge in [0.2, 0.25) is 0 Å². The third kappa shape index (κ3) is 4.04. The fourth-order valence-corrected chi connectivity index (χ4v) is 5.13. The van der Waals surface area contributed by atoms with E-state index in [-0.39, 0.29) is 5.41 Å². The summed E-state index contributed by atoms with van der Waals surface area (Å²) >= 11 is 3.63. The number of hydrogen-bond donors (Lipinski definition) is 0. The van der Waals surface area contributed by atoms with Crippen LogP contribution in [-0.2, 0) is 19.1 Å². The zero-order valence-electron chi connectivity index (χ0n) is 18.8. The quantitative estimate of drug-likeness (QED) is 0.264. The van der Waals surface area contributed by atoms with Crippen LogP contribution in [0, 0.1) is 6.92 Å². The van der Waals surface area contributed by atoms with Crippen molar-refractivity contribution >= 4 is 26.8 Å². The molecule has 4 rings (SSSR count). The summed E-state index contributed by atoms with van der Waals surface area (Å²) in [6.07, 6.45) is 4.41. The fraction of sp³-hybridized carbons (Fsp3) is 0.286. The van der Waals surface area contributed by atoms with Crippen molar-refractivity contribution in [2.75, 3.05) is 0 Å². The predicted octanol–water partition coefficient (Wildman–Crippen LogP) is 7.93. The van der Waals surface area contributed by atoms with E-state index in [0.717, 1.165) is 23.1 Å². The van der Waals surface area contributed by atoms with E-state index < -0.39 is 0 Å². The van der Waals surface area contributed by atoms with Crippen molar-refractivity contribution in [3.63, 3.8) is 0 Å². The highest BCUT2D eigenvalue weighted by Crippen LogP contribution is 2.44. The summed E-state index contributed by atoms with van der Waals surface area (Å²) in [4.78, 5) is 0. The molecule has 0 aliphatic rings. The highest BCUT2D eigenvalue weighted by atomic mass is 79.9. The first-order chi connectivity index (χ1) is 15.0. The number of rotatable bonds is 7. The Kier molecular flexibility index (Phi) is 6.24. The smallest absolute Gasteiger partial charge is 0.122 e. The van der Waals surface area contributed by atoms with Crippen LogP contribution in [0.5, 0.6) is 5.75 Å². The number of fused-ring (bicyclic) bond motifs is 1. The molecule has 1 aromatic heterocycles. The molecule has 0 saturated carbocycles. The lowest BCUT2D eigenvalue weighted by atomic mass is 9.70. The molecule has 160 valence electrons. The van der Waals surface area contributed by atoms with Crippen LogP contribution in [0.15, 0.2) is 77.4 Å². The Balaban J connectivity index is 1.72. The van der Waals surface area contributed by atoms with Gasteiger partial charge in [-0.3, -0.25) is 0 Å². The molecule has 0 bridgehead atoms. The van der Waals surface area contributed by atoms with E-state index in [0.29, 0.717) is 6.61 Å². The molecule has 0 amide bonds. The van der Waals surface area contributed by atoms with Gasteiger partial charge in [0, 0.05) is 34.0 Å². The van der Waals surface area contributed by atoms with Gasteiger partial charge in [-0.25, -0.2) is 0 Å². The second kappa shape index (κ2) is 8.92. The van der Waals surface area contributed by atoms with Crippen LogP contribution < -0.4 is 4.74 Å². The molecule has 0 atom stereocenters. The van der Waals surface area contributed by atoms with Crippen LogP contribution in [-0.4, -0.2) is 4.57 Å². The zero-order chi connectivity index (χ0) is 22.0. The van der Waals surface area contributed by atoms with E-state index in [1.165, 1.54) is 33.2 Å². The molecule has 0 fully saturated rings. The van der Waals surface area contributed by atoms with E-state index in [4.69, 9.17) is 4.74 Å². The van der Waals surface area contributed by atoms with Gasteiger partial charge in [0.15, 0.2) is 0 Å². The maximum atomic E-state index is 6.14. The number of aromatic nitrogens is 1. The fourth-order valence-electron chi connectivity index (χ4n) is 4.78. The van der Waals surface area contributed by atoms with Crippen molar-refractivity contribution in [3.8, 4) is 5.75 Å². The molecule has 4 aromatic rings. The van der Waals surface area contributed by atoms with E-state index in [1.807, 2.05) is 18.2 Å². The number of nitrogens with zero attached hydrogens (tertiary/aromatic N) is 1. The normalized spacial score (nSPS) is 11.8. The monoisotopic (exact) mass is 475 g/mol. The summed E-state index contributed by atoms with van der Waals surface area (Å²) in [6, 6.07) is 23.7. The minimum Gasteiger partial charge on any atom is -0.489 e. The van der Waals surface area contributed by atoms with Gasteiger partial charge in [-0.2, -0.15) is 0 Å². The predicted molar refractivity (Wildman–Crippen MR) is 134 cm³/mol. The molecule has 2 nitrogen and oxygen atoms in total. The Morgan fingerprint density at radius 1 is 0.935 bits per heavy atom. The number of ether oxygens (including phenoxy) is 1. The Morgan fingerprint density at radius 3 is 2.35 bits per heavy atom. The first kappa shape index (κ1) is 21.7. The van der Waals surface area contributed by atoms with Gasteiger partial charge in [-0.15, -0.1) is 0 Å². The van der Waals surface area contributed by atoms with Gasteiger partial charge >= 0.3 is 0 Å². The summed E-state index contributed by atoms with van der Waals surface area (Å²) in [5.74, 6) is 0.954. The Labute approximate surface area is 194 Å². The molecule has 1 heterocycles. The van der Waals surface area contributed by atoms with Crippen LogP contribution in [0.4, 0.5) is 0 Å². The van der Waals surface area contributed by atoms with Crippen molar-refractivity contribution in [1.29, 1.82) is 0 Å². The molecule has 0 radical (unpaired) electrons. The van der Waals surface area contributed by atoms with Gasteiger partial charge in [0.05, 0.1) is 0 Å². The van der Waals surface area contributed by atoms with Crippen molar-refractivity contribution in [2.45, 2.75) is 45.6 Å². The maximum Gasteiger partial charge on any atom is 0.122 e. The van der Waals surface area contributed by atoms with Crippen LogP contribution in [0.2, 0.25) is 0 Å². The minimum absolute atomic E-state index is 0.0317. The lowest BCUT2D eigenvalue weighted by molar-refractivity contribution is 0.303. The minimum atomic E-state index is -0.0317. The van der Waals surface area contributed by atoms with Crippen molar-refractivity contribution in [1.82, 2.24) is 4.57 Å². The van der Waals surface area contributed by atoms with Gasteiger partial charge in [-0.05, 0) is 60.2 Å². The Bertz CT molecular complexity index is 1190. The van der Waals surface area contributed by atoms with Gasteiger partial charge in [-0.1, -0.05) is 78.3 Å². The third-order valence-electron chi connectivity index (χ3n) is 6.64. The third-order valence-corrected chi connectivity index (χ3v) is 7.13. The number of benzene rings is 3. The number of hydrogen-bond acceptors (Lipinski definition) is 1. The van der Waals surface area contributed by atoms with Gasteiger partial charge in [0.1, 0.15) is 12.4 Å². The first-order valence-electron chi connectivity index (χ1n) is 11.0. The largest absolute Gasteiger partial charge is 0.489 e. The molecule has 31 heavy (non-hydrogen) atoms. The van der Waals surface area contributed by atoms with Crippen molar-refractivity contribution < 1.29 is 4.74 Å². The number of aryl methyl sites for hydroxylation is 2. The van der Waals surface area contributed by atoms with Crippen LogP contribution in [0.25, 0.3) is 10.9 Å². The lowest BCUT2D eigenvalue weighted by Crippen LogP contribution is -2.26.